The molecule has 1 fully saturated rings. The van der Waals surface area contributed by atoms with Crippen molar-refractivity contribution >= 4 is 11.8 Å². The maximum Gasteiger partial charge on any atom is 0.313 e. The lowest BCUT2D eigenvalue weighted by Crippen LogP contribution is -2.52. The first-order valence-corrected chi connectivity index (χ1v) is 5.10. The van der Waals surface area contributed by atoms with Gasteiger partial charge in [-0.15, -0.1) is 0 Å². The van der Waals surface area contributed by atoms with Crippen LogP contribution >= 0.6 is 0 Å². The molecule has 0 aliphatic carbocycles. The number of esters is 1. The van der Waals surface area contributed by atoms with Gasteiger partial charge in [0.05, 0.1) is 0 Å². The van der Waals surface area contributed by atoms with Crippen LogP contribution in [-0.4, -0.2) is 58.1 Å². The Kier molecular flexibility index (Phi) is 5.01. The summed E-state index contributed by atoms with van der Waals surface area (Å²) in [5.74, 6) is -1.06. The first-order chi connectivity index (χ1) is 7.91. The molecule has 0 amide bonds. The molecule has 3 N–H and O–H groups in total. The summed E-state index contributed by atoms with van der Waals surface area (Å²) in [6, 6.07) is 0. The Hall–Kier alpha value is -1.02. The minimum atomic E-state index is -1.39. The van der Waals surface area contributed by atoms with Crippen LogP contribution in [0.4, 0.5) is 0 Å². The lowest BCUT2D eigenvalue weighted by atomic mass is 10.0. The van der Waals surface area contributed by atoms with Crippen LogP contribution in [0.25, 0.3) is 0 Å². The van der Waals surface area contributed by atoms with Gasteiger partial charge >= 0.3 is 5.97 Å². The van der Waals surface area contributed by atoms with E-state index in [9.17, 15) is 19.8 Å². The van der Waals surface area contributed by atoms with Crippen molar-refractivity contribution in [3.05, 3.63) is 6.61 Å². The summed E-state index contributed by atoms with van der Waals surface area (Å²) in [6.07, 6.45) is -5.34. The molecule has 1 aliphatic heterocycles. The van der Waals surface area contributed by atoms with Gasteiger partial charge < -0.3 is 24.8 Å². The summed E-state index contributed by atoms with van der Waals surface area (Å²) in [5.41, 5.74) is 0. The van der Waals surface area contributed by atoms with Gasteiger partial charge in [0.15, 0.2) is 0 Å². The molecule has 7 nitrogen and oxygen atoms in total. The van der Waals surface area contributed by atoms with Crippen molar-refractivity contribution in [2.24, 2.45) is 0 Å². The van der Waals surface area contributed by atoms with Crippen LogP contribution in [0.5, 0.6) is 0 Å². The third-order valence-corrected chi connectivity index (χ3v) is 2.28. The summed E-state index contributed by atoms with van der Waals surface area (Å²) in [4.78, 5) is 21.7. The van der Waals surface area contributed by atoms with Gasteiger partial charge in [-0.25, -0.2) is 0 Å². The molecule has 0 saturated carbocycles. The molecule has 0 aromatic carbocycles. The quantitative estimate of drug-likeness (QED) is 0.395. The van der Waals surface area contributed by atoms with E-state index in [2.05, 4.69) is 4.74 Å². The third kappa shape index (κ3) is 4.04. The molecule has 0 bridgehead atoms. The maximum atomic E-state index is 11.0. The van der Waals surface area contributed by atoms with Gasteiger partial charge in [0.1, 0.15) is 49.8 Å². The Labute approximate surface area is 98.0 Å². The molecule has 0 spiro atoms. The van der Waals surface area contributed by atoms with Gasteiger partial charge in [0, 0.05) is 0 Å². The number of carbonyl (C=O) groups excluding carboxylic acids is 2. The Morgan fingerprint density at radius 3 is 2.53 bits per heavy atom. The van der Waals surface area contributed by atoms with Crippen molar-refractivity contribution in [2.75, 3.05) is 6.61 Å². The molecule has 1 radical (unpaired) electrons. The molecule has 0 unspecified atom stereocenters. The number of Topliss-reactive ketones (excluding diaryl/α,β-unsaturated/α-hetero) is 1. The average molecular weight is 247 g/mol. The van der Waals surface area contributed by atoms with Crippen LogP contribution in [0.2, 0.25) is 0 Å². The summed E-state index contributed by atoms with van der Waals surface area (Å²) in [6.45, 7) is 1.91. The van der Waals surface area contributed by atoms with Crippen LogP contribution in [0.3, 0.4) is 0 Å². The van der Waals surface area contributed by atoms with E-state index in [-0.39, 0.29) is 18.8 Å². The Morgan fingerprint density at radius 1 is 1.29 bits per heavy atom. The number of hydrogen-bond acceptors (Lipinski definition) is 7. The third-order valence-electron chi connectivity index (χ3n) is 2.28. The van der Waals surface area contributed by atoms with E-state index >= 15 is 0 Å². The zero-order valence-corrected chi connectivity index (χ0v) is 9.28. The maximum absolute atomic E-state index is 11.0. The van der Waals surface area contributed by atoms with Gasteiger partial charge in [-0.2, -0.15) is 0 Å². The number of aliphatic hydroxyl groups is 3. The predicted octanol–water partition coefficient (Wildman–Crippen LogP) is -1.85. The zero-order valence-electron chi connectivity index (χ0n) is 9.28. The number of rotatable bonds is 4. The predicted molar refractivity (Wildman–Crippen MR) is 53.5 cm³/mol. The second kappa shape index (κ2) is 6.06. The topological polar surface area (TPSA) is 113 Å². The fraction of sp³-hybridized carbons (Fsp3) is 0.700. The second-order valence-corrected chi connectivity index (χ2v) is 3.84. The Bertz CT molecular complexity index is 290. The minimum absolute atomic E-state index is 0.298. The molecular formula is C10H15O7. The van der Waals surface area contributed by atoms with Crippen LogP contribution in [0.15, 0.2) is 0 Å². The van der Waals surface area contributed by atoms with E-state index in [1.54, 1.807) is 0 Å². The van der Waals surface area contributed by atoms with Gasteiger partial charge in [0.25, 0.3) is 0 Å². The smallest absolute Gasteiger partial charge is 0.313 e. The van der Waals surface area contributed by atoms with Gasteiger partial charge in [0.2, 0.25) is 0 Å². The fourth-order valence-electron chi connectivity index (χ4n) is 1.33. The molecule has 1 rings (SSSR count). The highest BCUT2D eigenvalue weighted by atomic mass is 16.6. The van der Waals surface area contributed by atoms with Gasteiger partial charge in [-0.3, -0.25) is 9.59 Å². The Morgan fingerprint density at radius 2 is 1.94 bits per heavy atom. The van der Waals surface area contributed by atoms with E-state index < -0.39 is 30.4 Å². The van der Waals surface area contributed by atoms with Crippen LogP contribution in [-0.2, 0) is 19.1 Å². The number of carbonyl (C=O) groups is 2. The lowest BCUT2D eigenvalue weighted by Gasteiger charge is -2.34. The molecule has 0 aromatic rings. The van der Waals surface area contributed by atoms with E-state index in [0.717, 1.165) is 6.61 Å². The van der Waals surface area contributed by atoms with Crippen molar-refractivity contribution in [1.29, 1.82) is 0 Å². The molecule has 0 aromatic heterocycles. The van der Waals surface area contributed by atoms with Crippen LogP contribution < -0.4 is 0 Å². The van der Waals surface area contributed by atoms with Gasteiger partial charge in [-0.1, -0.05) is 0 Å². The highest BCUT2D eigenvalue weighted by Gasteiger charge is 2.38. The van der Waals surface area contributed by atoms with E-state index in [0.29, 0.717) is 0 Å². The summed E-state index contributed by atoms with van der Waals surface area (Å²) in [7, 11) is 0. The molecule has 97 valence electrons. The summed E-state index contributed by atoms with van der Waals surface area (Å²) < 4.78 is 9.57. The number of hydrogen-bond donors (Lipinski definition) is 3. The SMILES string of the molecule is CC(=O)CC(=O)OC[C@H]1O[CH][C@H](O)[C@@H](O)[C@@H]1O. The standard InChI is InChI=1S/C10H15O7/c1-5(11)2-8(13)17-4-7-10(15)9(14)6(12)3-16-7/h3,6-7,9-10,12,14-15H,2,4H2,1H3/t6-,7+,9+,10+/m0/s1. The van der Waals surface area contributed by atoms with Crippen LogP contribution in [0.1, 0.15) is 13.3 Å². The largest absolute Gasteiger partial charge is 0.462 e. The minimum Gasteiger partial charge on any atom is -0.462 e. The van der Waals surface area contributed by atoms with E-state index in [4.69, 9.17) is 9.84 Å². The first-order valence-electron chi connectivity index (χ1n) is 5.10. The first kappa shape index (κ1) is 14.0. The summed E-state index contributed by atoms with van der Waals surface area (Å²) >= 11 is 0. The fourth-order valence-corrected chi connectivity index (χ4v) is 1.33. The van der Waals surface area contributed by atoms with Gasteiger partial charge in [-0.05, 0) is 6.92 Å². The molecule has 1 saturated heterocycles. The van der Waals surface area contributed by atoms with Crippen molar-refractivity contribution in [1.82, 2.24) is 0 Å². The van der Waals surface area contributed by atoms with E-state index in [1.807, 2.05) is 0 Å². The summed E-state index contributed by atoms with van der Waals surface area (Å²) in [5, 5.41) is 27.9. The second-order valence-electron chi connectivity index (χ2n) is 3.84. The molecule has 7 heteroatoms. The number of ether oxygens (including phenoxy) is 2. The Balaban J connectivity index is 2.37. The molecule has 4 atom stereocenters. The normalized spacial score (nSPS) is 33.2. The number of aliphatic hydroxyl groups excluding tert-OH is 3. The van der Waals surface area contributed by atoms with Crippen molar-refractivity contribution in [3.63, 3.8) is 0 Å². The van der Waals surface area contributed by atoms with Crippen LogP contribution in [0, 0.1) is 6.61 Å². The average Bonchev–Trinajstić information content (AvgIpc) is 2.24. The monoisotopic (exact) mass is 247 g/mol. The van der Waals surface area contributed by atoms with E-state index in [1.165, 1.54) is 6.92 Å². The lowest BCUT2D eigenvalue weighted by molar-refractivity contribution is -0.180. The zero-order chi connectivity index (χ0) is 13.0. The molecule has 17 heavy (non-hydrogen) atoms. The highest BCUT2D eigenvalue weighted by molar-refractivity contribution is 5.94. The number of ketones is 1. The van der Waals surface area contributed by atoms with Crippen molar-refractivity contribution in [3.8, 4) is 0 Å². The highest BCUT2D eigenvalue weighted by Crippen LogP contribution is 2.18. The van der Waals surface area contributed by atoms with Crippen molar-refractivity contribution in [2.45, 2.75) is 37.8 Å². The molecule has 1 heterocycles. The molecular weight excluding hydrogens is 232 g/mol. The molecule has 1 aliphatic rings. The van der Waals surface area contributed by atoms with Crippen molar-refractivity contribution < 1.29 is 34.4 Å².